The molecule has 0 radical (unpaired) electrons. The Kier molecular flexibility index (Phi) is 4.48. The van der Waals surface area contributed by atoms with E-state index in [0.717, 1.165) is 42.6 Å². The molecule has 0 heterocycles. The number of aliphatic hydroxyl groups excluding tert-OH is 1. The Morgan fingerprint density at radius 1 is 1.26 bits per heavy atom. The van der Waals surface area contributed by atoms with Gasteiger partial charge in [-0.15, -0.1) is 0 Å². The predicted octanol–water partition coefficient (Wildman–Crippen LogP) is 3.12. The first kappa shape index (κ1) is 14.4. The normalized spacial score (nSPS) is 20.0. The van der Waals surface area contributed by atoms with Crippen LogP contribution in [0, 0.1) is 6.92 Å². The summed E-state index contributed by atoms with van der Waals surface area (Å²) in [5.41, 5.74) is 1.23. The summed E-state index contributed by atoms with van der Waals surface area (Å²) in [6.45, 7) is 4.08. The fourth-order valence-corrected chi connectivity index (χ4v) is 2.66. The second-order valence-electron chi connectivity index (χ2n) is 5.77. The van der Waals surface area contributed by atoms with Gasteiger partial charge >= 0.3 is 0 Å². The molecule has 3 heteroatoms. The number of hydrogen-bond acceptors (Lipinski definition) is 3. The molecule has 0 amide bonds. The molecule has 1 aromatic rings. The zero-order chi connectivity index (χ0) is 13.9. The molecule has 19 heavy (non-hydrogen) atoms. The number of hydrogen-bond donors (Lipinski definition) is 2. The summed E-state index contributed by atoms with van der Waals surface area (Å²) in [5, 5.41) is 19.9. The largest absolute Gasteiger partial charge is 0.490 e. The molecule has 0 aromatic heterocycles. The van der Waals surface area contributed by atoms with Crippen LogP contribution in [0.1, 0.15) is 56.3 Å². The summed E-state index contributed by atoms with van der Waals surface area (Å²) < 4.78 is 5.78. The smallest absolute Gasteiger partial charge is 0.122 e. The molecule has 0 bridgehead atoms. The third-order valence-corrected chi connectivity index (χ3v) is 3.96. The van der Waals surface area contributed by atoms with Crippen LogP contribution in [0.25, 0.3) is 0 Å². The summed E-state index contributed by atoms with van der Waals surface area (Å²) >= 11 is 0. The van der Waals surface area contributed by atoms with Crippen LogP contribution in [0.5, 0.6) is 5.75 Å². The lowest BCUT2D eigenvalue weighted by Gasteiger charge is -2.31. The third kappa shape index (κ3) is 3.71. The van der Waals surface area contributed by atoms with Gasteiger partial charge in [-0.25, -0.2) is 0 Å². The fraction of sp³-hybridized carbons (Fsp3) is 0.625. The molecular weight excluding hydrogens is 240 g/mol. The van der Waals surface area contributed by atoms with Crippen molar-refractivity contribution in [3.05, 3.63) is 29.3 Å². The van der Waals surface area contributed by atoms with E-state index < -0.39 is 11.7 Å². The van der Waals surface area contributed by atoms with Gasteiger partial charge in [0.25, 0.3) is 0 Å². The van der Waals surface area contributed by atoms with E-state index in [9.17, 15) is 10.2 Å². The minimum Gasteiger partial charge on any atom is -0.490 e. The molecule has 1 atom stereocenters. The first-order chi connectivity index (χ1) is 9.00. The van der Waals surface area contributed by atoms with E-state index in [2.05, 4.69) is 0 Å². The van der Waals surface area contributed by atoms with E-state index in [-0.39, 0.29) is 0 Å². The van der Waals surface area contributed by atoms with Crippen LogP contribution in [-0.4, -0.2) is 22.4 Å². The van der Waals surface area contributed by atoms with Gasteiger partial charge in [0.2, 0.25) is 0 Å². The van der Waals surface area contributed by atoms with Gasteiger partial charge in [-0.3, -0.25) is 0 Å². The van der Waals surface area contributed by atoms with Crippen molar-refractivity contribution in [3.63, 3.8) is 0 Å². The van der Waals surface area contributed by atoms with Crippen LogP contribution < -0.4 is 4.74 Å². The number of aryl methyl sites for hydroxylation is 1. The molecular formula is C16H24O3. The van der Waals surface area contributed by atoms with Crippen molar-refractivity contribution in [1.29, 1.82) is 0 Å². The Hall–Kier alpha value is -1.06. The highest BCUT2D eigenvalue weighted by molar-refractivity contribution is 5.37. The monoisotopic (exact) mass is 264 g/mol. The Labute approximate surface area is 115 Å². The van der Waals surface area contributed by atoms with Gasteiger partial charge in [-0.05, 0) is 49.9 Å². The highest BCUT2D eigenvalue weighted by atomic mass is 16.5. The lowest BCUT2D eigenvalue weighted by molar-refractivity contribution is -0.0340. The van der Waals surface area contributed by atoms with Gasteiger partial charge in [-0.2, -0.15) is 0 Å². The molecule has 1 aliphatic carbocycles. The van der Waals surface area contributed by atoms with E-state index in [1.165, 1.54) is 6.42 Å². The summed E-state index contributed by atoms with van der Waals surface area (Å²) in [6.07, 6.45) is 4.58. The number of ether oxygens (including phenoxy) is 1. The molecule has 1 aliphatic rings. The summed E-state index contributed by atoms with van der Waals surface area (Å²) in [7, 11) is 0. The van der Waals surface area contributed by atoms with Crippen LogP contribution in [0.4, 0.5) is 0 Å². The van der Waals surface area contributed by atoms with E-state index in [1.807, 2.05) is 25.1 Å². The molecule has 1 aromatic carbocycles. The van der Waals surface area contributed by atoms with Crippen LogP contribution >= 0.6 is 0 Å². The van der Waals surface area contributed by atoms with Crippen LogP contribution in [0.15, 0.2) is 18.2 Å². The maximum atomic E-state index is 10.4. The fourth-order valence-electron chi connectivity index (χ4n) is 2.66. The van der Waals surface area contributed by atoms with Crippen LogP contribution in [0.3, 0.4) is 0 Å². The molecule has 106 valence electrons. The van der Waals surface area contributed by atoms with Crippen LogP contribution in [0.2, 0.25) is 0 Å². The molecule has 0 spiro atoms. The lowest BCUT2D eigenvalue weighted by Crippen LogP contribution is -2.38. The van der Waals surface area contributed by atoms with Crippen molar-refractivity contribution in [2.45, 2.75) is 57.7 Å². The maximum absolute atomic E-state index is 10.4. The standard InChI is InChI=1S/C16H24O3/c1-12-10-14(13(2)17)6-7-15(12)19-11-16(18)8-4-3-5-9-16/h6-7,10,13,17-18H,3-5,8-9,11H2,1-2H3. The highest BCUT2D eigenvalue weighted by Crippen LogP contribution is 2.30. The number of aliphatic hydroxyl groups is 2. The molecule has 0 saturated heterocycles. The second kappa shape index (κ2) is 5.93. The van der Waals surface area contributed by atoms with Gasteiger partial charge in [0.15, 0.2) is 0 Å². The van der Waals surface area contributed by atoms with Gasteiger partial charge < -0.3 is 14.9 Å². The summed E-state index contributed by atoms with van der Waals surface area (Å²) in [4.78, 5) is 0. The molecule has 2 rings (SSSR count). The van der Waals surface area contributed by atoms with E-state index in [1.54, 1.807) is 6.92 Å². The minimum absolute atomic E-state index is 0.363. The van der Waals surface area contributed by atoms with E-state index in [0.29, 0.717) is 6.61 Å². The minimum atomic E-state index is -0.659. The third-order valence-electron chi connectivity index (χ3n) is 3.96. The number of rotatable bonds is 4. The molecule has 2 N–H and O–H groups in total. The van der Waals surface area contributed by atoms with Crippen molar-refractivity contribution in [3.8, 4) is 5.75 Å². The van der Waals surface area contributed by atoms with Crippen molar-refractivity contribution < 1.29 is 14.9 Å². The Bertz CT molecular complexity index is 420. The molecule has 1 saturated carbocycles. The predicted molar refractivity (Wildman–Crippen MR) is 75.3 cm³/mol. The van der Waals surface area contributed by atoms with Crippen LogP contribution in [-0.2, 0) is 0 Å². The second-order valence-corrected chi connectivity index (χ2v) is 5.77. The zero-order valence-electron chi connectivity index (χ0n) is 11.9. The topological polar surface area (TPSA) is 49.7 Å². The van der Waals surface area contributed by atoms with Crippen molar-refractivity contribution >= 4 is 0 Å². The Morgan fingerprint density at radius 3 is 2.53 bits per heavy atom. The first-order valence-corrected chi connectivity index (χ1v) is 7.14. The van der Waals surface area contributed by atoms with Crippen molar-refractivity contribution in [2.75, 3.05) is 6.61 Å². The average Bonchev–Trinajstić information content (AvgIpc) is 2.38. The van der Waals surface area contributed by atoms with E-state index >= 15 is 0 Å². The summed E-state index contributed by atoms with van der Waals surface area (Å²) in [6, 6.07) is 5.69. The number of benzene rings is 1. The molecule has 1 fully saturated rings. The highest BCUT2D eigenvalue weighted by Gasteiger charge is 2.30. The zero-order valence-corrected chi connectivity index (χ0v) is 11.9. The molecule has 0 aliphatic heterocycles. The molecule has 1 unspecified atom stereocenters. The summed E-state index contributed by atoms with van der Waals surface area (Å²) in [5.74, 6) is 0.795. The quantitative estimate of drug-likeness (QED) is 0.878. The van der Waals surface area contributed by atoms with Crippen molar-refractivity contribution in [2.24, 2.45) is 0 Å². The Morgan fingerprint density at radius 2 is 1.95 bits per heavy atom. The SMILES string of the molecule is Cc1cc(C(C)O)ccc1OCC1(O)CCCCC1. The molecule has 3 nitrogen and oxygen atoms in total. The lowest BCUT2D eigenvalue weighted by atomic mass is 9.85. The van der Waals surface area contributed by atoms with Gasteiger partial charge in [0, 0.05) is 0 Å². The van der Waals surface area contributed by atoms with Gasteiger partial charge in [0.1, 0.15) is 12.4 Å². The van der Waals surface area contributed by atoms with E-state index in [4.69, 9.17) is 4.74 Å². The Balaban J connectivity index is 1.99. The maximum Gasteiger partial charge on any atom is 0.122 e. The first-order valence-electron chi connectivity index (χ1n) is 7.14. The van der Waals surface area contributed by atoms with Crippen molar-refractivity contribution in [1.82, 2.24) is 0 Å². The van der Waals surface area contributed by atoms with Gasteiger partial charge in [-0.1, -0.05) is 25.3 Å². The average molecular weight is 264 g/mol. The van der Waals surface area contributed by atoms with Gasteiger partial charge in [0.05, 0.1) is 11.7 Å².